The van der Waals surface area contributed by atoms with E-state index >= 15 is 0 Å². The van der Waals surface area contributed by atoms with Gasteiger partial charge < -0.3 is 5.32 Å². The highest BCUT2D eigenvalue weighted by atomic mass is 32.1. The van der Waals surface area contributed by atoms with Gasteiger partial charge in [-0.15, -0.1) is 11.3 Å². The molecular formula is C18H23NS. The second kappa shape index (κ2) is 5.71. The first-order valence-electron chi connectivity index (χ1n) is 7.53. The molecule has 0 saturated heterocycles. The first-order valence-corrected chi connectivity index (χ1v) is 8.35. The van der Waals surface area contributed by atoms with Crippen molar-refractivity contribution in [3.05, 3.63) is 56.8 Å². The molecule has 1 heterocycles. The molecule has 3 rings (SSSR count). The van der Waals surface area contributed by atoms with Crippen LogP contribution in [0.1, 0.15) is 45.8 Å². The minimum absolute atomic E-state index is 0.454. The van der Waals surface area contributed by atoms with Gasteiger partial charge in [-0.05, 0) is 62.8 Å². The van der Waals surface area contributed by atoms with Crippen LogP contribution < -0.4 is 5.32 Å². The summed E-state index contributed by atoms with van der Waals surface area (Å²) < 4.78 is 0. The Balaban J connectivity index is 1.69. The number of thiophene rings is 1. The lowest BCUT2D eigenvalue weighted by atomic mass is 9.88. The number of hydrogen-bond donors (Lipinski definition) is 1. The second-order valence-electron chi connectivity index (χ2n) is 5.97. The fourth-order valence-corrected chi connectivity index (χ4v) is 4.39. The van der Waals surface area contributed by atoms with Crippen molar-refractivity contribution in [2.75, 3.05) is 0 Å². The molecule has 1 aromatic heterocycles. The molecule has 0 bridgehead atoms. The number of nitrogens with one attached hydrogen (secondary N) is 1. The van der Waals surface area contributed by atoms with Crippen LogP contribution in [-0.2, 0) is 12.8 Å². The third kappa shape index (κ3) is 2.82. The third-order valence-corrected chi connectivity index (χ3v) is 5.36. The van der Waals surface area contributed by atoms with E-state index in [1.165, 1.54) is 40.1 Å². The lowest BCUT2D eigenvalue weighted by Gasteiger charge is -2.28. The van der Waals surface area contributed by atoms with Crippen molar-refractivity contribution in [3.8, 4) is 0 Å². The summed E-state index contributed by atoms with van der Waals surface area (Å²) in [6.07, 6.45) is 3.63. The molecule has 0 amide bonds. The fraction of sp³-hybridized carbons (Fsp3) is 0.444. The van der Waals surface area contributed by atoms with E-state index in [4.69, 9.17) is 0 Å². The predicted octanol–water partition coefficient (Wildman–Crippen LogP) is 4.57. The smallest absolute Gasteiger partial charge is 0.0305 e. The van der Waals surface area contributed by atoms with Crippen LogP contribution in [-0.4, -0.2) is 6.04 Å². The lowest BCUT2D eigenvalue weighted by Crippen LogP contribution is -2.36. The maximum atomic E-state index is 3.84. The van der Waals surface area contributed by atoms with Crippen LogP contribution in [0.3, 0.4) is 0 Å². The summed E-state index contributed by atoms with van der Waals surface area (Å²) in [4.78, 5) is 2.87. The monoisotopic (exact) mass is 285 g/mol. The summed E-state index contributed by atoms with van der Waals surface area (Å²) in [5.41, 5.74) is 4.55. The Labute approximate surface area is 126 Å². The maximum absolute atomic E-state index is 3.84. The van der Waals surface area contributed by atoms with E-state index in [1.54, 1.807) is 5.56 Å². The molecule has 0 radical (unpaired) electrons. The first-order chi connectivity index (χ1) is 9.63. The predicted molar refractivity (Wildman–Crippen MR) is 87.6 cm³/mol. The molecule has 0 spiro atoms. The van der Waals surface area contributed by atoms with Gasteiger partial charge in [-0.3, -0.25) is 0 Å². The average Bonchev–Trinajstić information content (AvgIpc) is 2.78. The van der Waals surface area contributed by atoms with E-state index in [-0.39, 0.29) is 0 Å². The molecular weight excluding hydrogens is 262 g/mol. The quantitative estimate of drug-likeness (QED) is 0.871. The minimum atomic E-state index is 0.454. The number of rotatable bonds is 3. The van der Waals surface area contributed by atoms with Gasteiger partial charge in [0.15, 0.2) is 0 Å². The summed E-state index contributed by atoms with van der Waals surface area (Å²) in [6, 6.07) is 12.3. The molecule has 2 aromatic rings. The first kappa shape index (κ1) is 13.8. The van der Waals surface area contributed by atoms with Crippen molar-refractivity contribution < 1.29 is 0 Å². The molecule has 106 valence electrons. The topological polar surface area (TPSA) is 12.0 Å². The van der Waals surface area contributed by atoms with Gasteiger partial charge in [0.05, 0.1) is 0 Å². The molecule has 2 heteroatoms. The normalized spacial score (nSPS) is 19.6. The Morgan fingerprint density at radius 2 is 1.95 bits per heavy atom. The van der Waals surface area contributed by atoms with Crippen molar-refractivity contribution in [3.63, 3.8) is 0 Å². The molecule has 1 nitrogen and oxygen atoms in total. The van der Waals surface area contributed by atoms with Crippen molar-refractivity contribution in [1.82, 2.24) is 5.32 Å². The van der Waals surface area contributed by atoms with Gasteiger partial charge in [0.2, 0.25) is 0 Å². The third-order valence-electron chi connectivity index (χ3n) is 4.38. The van der Waals surface area contributed by atoms with Crippen LogP contribution in [0.5, 0.6) is 0 Å². The maximum Gasteiger partial charge on any atom is 0.0305 e. The van der Waals surface area contributed by atoms with Crippen molar-refractivity contribution >= 4 is 11.3 Å². The van der Waals surface area contributed by atoms with Gasteiger partial charge >= 0.3 is 0 Å². The van der Waals surface area contributed by atoms with E-state index in [0.717, 1.165) is 0 Å². The number of hydrogen-bond acceptors (Lipinski definition) is 2. The van der Waals surface area contributed by atoms with E-state index in [0.29, 0.717) is 12.1 Å². The summed E-state index contributed by atoms with van der Waals surface area (Å²) in [5.74, 6) is 0. The standard InChI is InChI=1S/C18H23NS/c1-12-10-18(14(3)20-12)13(2)19-17-9-8-15-6-4-5-7-16(15)11-17/h4-7,10,13,17,19H,8-9,11H2,1-3H3. The van der Waals surface area contributed by atoms with Gasteiger partial charge in [-0.1, -0.05) is 24.3 Å². The SMILES string of the molecule is Cc1cc(C(C)NC2CCc3ccccc3C2)c(C)s1. The molecule has 1 aliphatic rings. The summed E-state index contributed by atoms with van der Waals surface area (Å²) in [6.45, 7) is 6.74. The number of benzene rings is 1. The molecule has 1 N–H and O–H groups in total. The Morgan fingerprint density at radius 1 is 1.20 bits per heavy atom. The van der Waals surface area contributed by atoms with E-state index in [2.05, 4.69) is 56.4 Å². The summed E-state index contributed by atoms with van der Waals surface area (Å²) in [7, 11) is 0. The van der Waals surface area contributed by atoms with Crippen molar-refractivity contribution in [1.29, 1.82) is 0 Å². The zero-order valence-corrected chi connectivity index (χ0v) is 13.4. The van der Waals surface area contributed by atoms with E-state index < -0.39 is 0 Å². The highest BCUT2D eigenvalue weighted by Crippen LogP contribution is 2.28. The highest BCUT2D eigenvalue weighted by molar-refractivity contribution is 7.12. The van der Waals surface area contributed by atoms with E-state index in [1.807, 2.05) is 11.3 Å². The van der Waals surface area contributed by atoms with Crippen LogP contribution >= 0.6 is 11.3 Å². The van der Waals surface area contributed by atoms with Gasteiger partial charge in [0.25, 0.3) is 0 Å². The van der Waals surface area contributed by atoms with Crippen LogP contribution in [0.25, 0.3) is 0 Å². The number of fused-ring (bicyclic) bond motifs is 1. The van der Waals surface area contributed by atoms with E-state index in [9.17, 15) is 0 Å². The molecule has 2 unspecified atom stereocenters. The summed E-state index contributed by atoms with van der Waals surface area (Å²) >= 11 is 1.91. The molecule has 20 heavy (non-hydrogen) atoms. The van der Waals surface area contributed by atoms with Crippen LogP contribution in [0.15, 0.2) is 30.3 Å². The Kier molecular flexibility index (Phi) is 3.95. The van der Waals surface area contributed by atoms with Crippen LogP contribution in [0, 0.1) is 13.8 Å². The van der Waals surface area contributed by atoms with Gasteiger partial charge in [0.1, 0.15) is 0 Å². The zero-order chi connectivity index (χ0) is 14.1. The Bertz CT molecular complexity index is 599. The average molecular weight is 285 g/mol. The molecule has 0 saturated carbocycles. The minimum Gasteiger partial charge on any atom is -0.307 e. The Hall–Kier alpha value is -1.12. The van der Waals surface area contributed by atoms with Crippen molar-refractivity contribution in [2.24, 2.45) is 0 Å². The molecule has 1 aromatic carbocycles. The molecule has 0 aliphatic heterocycles. The highest BCUT2D eigenvalue weighted by Gasteiger charge is 2.21. The zero-order valence-electron chi connectivity index (χ0n) is 12.6. The molecule has 0 fully saturated rings. The van der Waals surface area contributed by atoms with Crippen LogP contribution in [0.2, 0.25) is 0 Å². The number of aryl methyl sites for hydroxylation is 3. The van der Waals surface area contributed by atoms with Gasteiger partial charge in [-0.25, -0.2) is 0 Å². The molecule has 1 aliphatic carbocycles. The van der Waals surface area contributed by atoms with Crippen LogP contribution in [0.4, 0.5) is 0 Å². The lowest BCUT2D eigenvalue weighted by molar-refractivity contribution is 0.413. The fourth-order valence-electron chi connectivity index (χ4n) is 3.36. The molecule has 2 atom stereocenters. The largest absolute Gasteiger partial charge is 0.307 e. The Morgan fingerprint density at radius 3 is 2.65 bits per heavy atom. The second-order valence-corrected chi connectivity index (χ2v) is 7.43. The van der Waals surface area contributed by atoms with Gasteiger partial charge in [0, 0.05) is 21.8 Å². The summed E-state index contributed by atoms with van der Waals surface area (Å²) in [5, 5.41) is 3.84. The van der Waals surface area contributed by atoms with Gasteiger partial charge in [-0.2, -0.15) is 0 Å². The van der Waals surface area contributed by atoms with Crippen molar-refractivity contribution in [2.45, 2.75) is 52.1 Å².